The van der Waals surface area contributed by atoms with Gasteiger partial charge in [-0.2, -0.15) is 0 Å². The van der Waals surface area contributed by atoms with E-state index >= 15 is 0 Å². The van der Waals surface area contributed by atoms with E-state index in [2.05, 4.69) is 20.9 Å². The van der Waals surface area contributed by atoms with Gasteiger partial charge in [0.15, 0.2) is 0 Å². The molecule has 1 rings (SSSR count). The van der Waals surface area contributed by atoms with E-state index in [0.29, 0.717) is 19.5 Å². The van der Waals surface area contributed by atoms with Gasteiger partial charge in [-0.05, 0) is 12.8 Å². The van der Waals surface area contributed by atoms with Crippen molar-refractivity contribution in [1.82, 2.24) is 14.9 Å². The van der Waals surface area contributed by atoms with E-state index in [-0.39, 0.29) is 5.75 Å². The molecule has 0 aromatic carbocycles. The SMILES string of the molecule is C#CCCCCNS(=O)(=O)CCN1CCNCC1. The minimum absolute atomic E-state index is 0.183. The number of terminal acetylenes is 1. The van der Waals surface area contributed by atoms with Crippen LogP contribution < -0.4 is 10.0 Å². The standard InChI is InChI=1S/C12H23N3O2S/c1-2-3-4-5-6-14-18(16,17)12-11-15-9-7-13-8-10-15/h1,13-14H,3-12H2. The van der Waals surface area contributed by atoms with E-state index in [1.807, 2.05) is 0 Å². The number of sulfonamides is 1. The Kier molecular flexibility index (Phi) is 7.28. The molecule has 2 N–H and O–H groups in total. The molecular weight excluding hydrogens is 250 g/mol. The van der Waals surface area contributed by atoms with E-state index < -0.39 is 10.0 Å². The lowest BCUT2D eigenvalue weighted by molar-refractivity contribution is 0.253. The Balaban J connectivity index is 2.12. The fourth-order valence-electron chi connectivity index (χ4n) is 1.84. The van der Waals surface area contributed by atoms with Gasteiger partial charge in [-0.25, -0.2) is 13.1 Å². The molecule has 18 heavy (non-hydrogen) atoms. The van der Waals surface area contributed by atoms with Gasteiger partial charge in [0.1, 0.15) is 0 Å². The van der Waals surface area contributed by atoms with Crippen molar-refractivity contribution < 1.29 is 8.42 Å². The van der Waals surface area contributed by atoms with Gasteiger partial charge in [0.2, 0.25) is 10.0 Å². The molecule has 1 heterocycles. The zero-order valence-electron chi connectivity index (χ0n) is 10.8. The second-order valence-electron chi connectivity index (χ2n) is 4.47. The predicted molar refractivity (Wildman–Crippen MR) is 73.8 cm³/mol. The van der Waals surface area contributed by atoms with Gasteiger partial charge in [-0.15, -0.1) is 12.3 Å². The minimum atomic E-state index is -3.13. The maximum Gasteiger partial charge on any atom is 0.212 e. The van der Waals surface area contributed by atoms with Gasteiger partial charge >= 0.3 is 0 Å². The Morgan fingerprint density at radius 1 is 1.28 bits per heavy atom. The number of hydrogen-bond donors (Lipinski definition) is 2. The highest BCUT2D eigenvalue weighted by molar-refractivity contribution is 7.89. The molecule has 1 aliphatic heterocycles. The zero-order valence-corrected chi connectivity index (χ0v) is 11.6. The Morgan fingerprint density at radius 3 is 2.67 bits per heavy atom. The molecule has 0 aromatic heterocycles. The second-order valence-corrected chi connectivity index (χ2v) is 6.39. The molecule has 1 aliphatic rings. The first-order chi connectivity index (χ1) is 8.64. The molecule has 1 fully saturated rings. The summed E-state index contributed by atoms with van der Waals surface area (Å²) in [7, 11) is -3.13. The number of nitrogens with one attached hydrogen (secondary N) is 2. The molecule has 0 bridgehead atoms. The summed E-state index contributed by atoms with van der Waals surface area (Å²) in [4.78, 5) is 2.17. The average molecular weight is 273 g/mol. The fourth-order valence-corrected chi connectivity index (χ4v) is 2.93. The van der Waals surface area contributed by atoms with Crippen LogP contribution in [0.4, 0.5) is 0 Å². The van der Waals surface area contributed by atoms with Crippen LogP contribution in [0.2, 0.25) is 0 Å². The number of piperazine rings is 1. The van der Waals surface area contributed by atoms with Crippen LogP contribution in [0.3, 0.4) is 0 Å². The third-order valence-electron chi connectivity index (χ3n) is 2.96. The topological polar surface area (TPSA) is 61.4 Å². The van der Waals surface area contributed by atoms with E-state index in [4.69, 9.17) is 6.42 Å². The third kappa shape index (κ3) is 6.97. The first-order valence-electron chi connectivity index (χ1n) is 6.48. The van der Waals surface area contributed by atoms with Crippen molar-refractivity contribution in [1.29, 1.82) is 0 Å². The second kappa shape index (κ2) is 8.48. The van der Waals surface area contributed by atoms with Crippen molar-refractivity contribution >= 4 is 10.0 Å². The van der Waals surface area contributed by atoms with Gasteiger partial charge in [-0.1, -0.05) is 0 Å². The highest BCUT2D eigenvalue weighted by Crippen LogP contribution is 1.96. The van der Waals surface area contributed by atoms with Crippen LogP contribution in [-0.2, 0) is 10.0 Å². The monoisotopic (exact) mass is 273 g/mol. The van der Waals surface area contributed by atoms with Gasteiger partial charge < -0.3 is 5.32 Å². The van der Waals surface area contributed by atoms with Gasteiger partial charge in [0.25, 0.3) is 0 Å². The number of rotatable bonds is 8. The van der Waals surface area contributed by atoms with Crippen molar-refractivity contribution in [3.8, 4) is 12.3 Å². The Bertz CT molecular complexity index is 356. The zero-order chi connectivity index (χ0) is 13.3. The van der Waals surface area contributed by atoms with Crippen LogP contribution in [0.1, 0.15) is 19.3 Å². The summed E-state index contributed by atoms with van der Waals surface area (Å²) in [5.41, 5.74) is 0. The van der Waals surface area contributed by atoms with E-state index in [0.717, 1.165) is 39.0 Å². The quantitative estimate of drug-likeness (QED) is 0.467. The Morgan fingerprint density at radius 2 is 2.00 bits per heavy atom. The third-order valence-corrected chi connectivity index (χ3v) is 4.32. The fraction of sp³-hybridized carbons (Fsp3) is 0.833. The molecule has 0 saturated carbocycles. The largest absolute Gasteiger partial charge is 0.314 e. The smallest absolute Gasteiger partial charge is 0.212 e. The van der Waals surface area contributed by atoms with Gasteiger partial charge in [-0.3, -0.25) is 4.90 Å². The molecule has 5 nitrogen and oxygen atoms in total. The lowest BCUT2D eigenvalue weighted by Crippen LogP contribution is -2.45. The van der Waals surface area contributed by atoms with Crippen molar-refractivity contribution in [2.45, 2.75) is 19.3 Å². The maximum atomic E-state index is 11.7. The molecule has 0 aliphatic carbocycles. The van der Waals surface area contributed by atoms with Crippen molar-refractivity contribution in [3.05, 3.63) is 0 Å². The Labute approximate surface area is 110 Å². The summed E-state index contributed by atoms with van der Waals surface area (Å²) in [6.45, 7) is 4.85. The van der Waals surface area contributed by atoms with Crippen molar-refractivity contribution in [3.63, 3.8) is 0 Å². The molecule has 6 heteroatoms. The lowest BCUT2D eigenvalue weighted by atomic mass is 10.2. The number of hydrogen-bond acceptors (Lipinski definition) is 4. The molecule has 104 valence electrons. The first-order valence-corrected chi connectivity index (χ1v) is 8.13. The summed E-state index contributed by atoms with van der Waals surface area (Å²) in [5.74, 6) is 2.73. The van der Waals surface area contributed by atoms with Gasteiger partial charge in [0.05, 0.1) is 5.75 Å². The van der Waals surface area contributed by atoms with Crippen LogP contribution in [0.5, 0.6) is 0 Å². The summed E-state index contributed by atoms with van der Waals surface area (Å²) in [6.07, 6.45) is 7.51. The normalized spacial score (nSPS) is 17.5. The summed E-state index contributed by atoms with van der Waals surface area (Å²) < 4.78 is 26.0. The number of nitrogens with zero attached hydrogens (tertiary/aromatic N) is 1. The predicted octanol–water partition coefficient (Wildman–Crippen LogP) is -0.385. The molecule has 0 spiro atoms. The van der Waals surface area contributed by atoms with E-state index in [1.54, 1.807) is 0 Å². The van der Waals surface area contributed by atoms with E-state index in [1.165, 1.54) is 0 Å². The van der Waals surface area contributed by atoms with Gasteiger partial charge in [0, 0.05) is 45.7 Å². The van der Waals surface area contributed by atoms with Crippen LogP contribution >= 0.6 is 0 Å². The van der Waals surface area contributed by atoms with Crippen molar-refractivity contribution in [2.75, 3.05) is 45.0 Å². The number of unbranched alkanes of at least 4 members (excludes halogenated alkanes) is 2. The summed E-state index contributed by atoms with van der Waals surface area (Å²) in [5, 5.41) is 3.24. The van der Waals surface area contributed by atoms with Crippen molar-refractivity contribution in [2.24, 2.45) is 0 Å². The van der Waals surface area contributed by atoms with E-state index in [9.17, 15) is 8.42 Å². The average Bonchev–Trinajstić information content (AvgIpc) is 2.38. The summed E-state index contributed by atoms with van der Waals surface area (Å²) >= 11 is 0. The maximum absolute atomic E-state index is 11.7. The van der Waals surface area contributed by atoms with Crippen LogP contribution in [0.15, 0.2) is 0 Å². The van der Waals surface area contributed by atoms with Crippen LogP contribution in [0.25, 0.3) is 0 Å². The molecule has 0 atom stereocenters. The summed E-state index contributed by atoms with van der Waals surface area (Å²) in [6, 6.07) is 0. The molecular formula is C12H23N3O2S. The minimum Gasteiger partial charge on any atom is -0.314 e. The molecule has 0 radical (unpaired) electrons. The highest BCUT2D eigenvalue weighted by Gasteiger charge is 2.14. The van der Waals surface area contributed by atoms with Crippen LogP contribution in [0, 0.1) is 12.3 Å². The Hall–Kier alpha value is -0.610. The molecule has 0 amide bonds. The lowest BCUT2D eigenvalue weighted by Gasteiger charge is -2.26. The highest BCUT2D eigenvalue weighted by atomic mass is 32.2. The molecule has 1 saturated heterocycles. The molecule has 0 aromatic rings. The molecule has 0 unspecified atom stereocenters. The first kappa shape index (κ1) is 15.4. The van der Waals surface area contributed by atoms with Crippen LogP contribution in [-0.4, -0.2) is 58.3 Å².